The summed E-state index contributed by atoms with van der Waals surface area (Å²) in [4.78, 5) is 2.14. The van der Waals surface area contributed by atoms with Crippen molar-refractivity contribution in [3.8, 4) is 0 Å². The maximum Gasteiger partial charge on any atom is 0.416 e. The van der Waals surface area contributed by atoms with Gasteiger partial charge in [-0.3, -0.25) is 4.90 Å². The van der Waals surface area contributed by atoms with Crippen LogP contribution in [-0.4, -0.2) is 30.6 Å². The van der Waals surface area contributed by atoms with Gasteiger partial charge in [0.15, 0.2) is 0 Å². The van der Waals surface area contributed by atoms with E-state index < -0.39 is 11.7 Å². The molecule has 2 nitrogen and oxygen atoms in total. The molecule has 1 atom stereocenters. The predicted octanol–water partition coefficient (Wildman–Crippen LogP) is 2.89. The molecular weight excluding hydrogens is 265 g/mol. The van der Waals surface area contributed by atoms with E-state index in [1.807, 2.05) is 0 Å². The third-order valence-corrected chi connectivity index (χ3v) is 4.20. The summed E-state index contributed by atoms with van der Waals surface area (Å²) in [6.45, 7) is 2.93. The zero-order valence-electron chi connectivity index (χ0n) is 11.3. The first-order valence-corrected chi connectivity index (χ1v) is 7.15. The van der Waals surface area contributed by atoms with Crippen molar-refractivity contribution in [1.82, 2.24) is 10.2 Å². The summed E-state index contributed by atoms with van der Waals surface area (Å²) in [5, 5.41) is 3.48. The van der Waals surface area contributed by atoms with Crippen molar-refractivity contribution in [2.45, 2.75) is 31.6 Å². The van der Waals surface area contributed by atoms with Crippen LogP contribution in [-0.2, 0) is 12.7 Å². The van der Waals surface area contributed by atoms with Crippen LogP contribution in [0.1, 0.15) is 24.0 Å². The smallest absolute Gasteiger partial charge is 0.311 e. The lowest BCUT2D eigenvalue weighted by Gasteiger charge is -2.34. The molecule has 1 N–H and O–H groups in total. The van der Waals surface area contributed by atoms with Crippen molar-refractivity contribution in [3.63, 3.8) is 0 Å². The zero-order chi connectivity index (χ0) is 14.2. The summed E-state index contributed by atoms with van der Waals surface area (Å²) >= 11 is 0. The van der Waals surface area contributed by atoms with Gasteiger partial charge in [0.25, 0.3) is 0 Å². The number of piperazine rings is 1. The first kappa shape index (κ1) is 13.9. The molecule has 1 aliphatic heterocycles. The van der Waals surface area contributed by atoms with E-state index in [9.17, 15) is 13.2 Å². The van der Waals surface area contributed by atoms with Crippen LogP contribution in [0.3, 0.4) is 0 Å². The van der Waals surface area contributed by atoms with Crippen LogP contribution < -0.4 is 5.32 Å². The Kier molecular flexibility index (Phi) is 3.73. The van der Waals surface area contributed by atoms with E-state index in [1.165, 1.54) is 25.0 Å². The Morgan fingerprint density at radius 2 is 1.95 bits per heavy atom. The summed E-state index contributed by atoms with van der Waals surface area (Å²) in [7, 11) is 0. The van der Waals surface area contributed by atoms with E-state index in [-0.39, 0.29) is 0 Å². The summed E-state index contributed by atoms with van der Waals surface area (Å²) < 4.78 is 39.0. The van der Waals surface area contributed by atoms with Crippen molar-refractivity contribution in [2.75, 3.05) is 19.6 Å². The standard InChI is InChI=1S/C15H19F3N2/c16-15(17,18)13-4-2-1-3-12(13)9-20-8-7-19-14(10-20)11-5-6-11/h1-4,11,14,19H,5-10H2. The average molecular weight is 284 g/mol. The number of alkyl halides is 3. The number of nitrogens with zero attached hydrogens (tertiary/aromatic N) is 1. The third-order valence-electron chi connectivity index (χ3n) is 4.20. The Labute approximate surface area is 117 Å². The molecule has 2 fully saturated rings. The van der Waals surface area contributed by atoms with Gasteiger partial charge in [-0.15, -0.1) is 0 Å². The molecule has 0 spiro atoms. The molecule has 3 rings (SSSR count). The summed E-state index contributed by atoms with van der Waals surface area (Å²) in [5.41, 5.74) is -0.113. The molecular formula is C15H19F3N2. The molecule has 0 radical (unpaired) electrons. The first-order valence-electron chi connectivity index (χ1n) is 7.15. The highest BCUT2D eigenvalue weighted by molar-refractivity contribution is 5.29. The molecule has 110 valence electrons. The highest BCUT2D eigenvalue weighted by Crippen LogP contribution is 2.35. The lowest BCUT2D eigenvalue weighted by Crippen LogP contribution is -2.51. The molecule has 0 aromatic heterocycles. The second-order valence-electron chi connectivity index (χ2n) is 5.79. The molecule has 1 saturated heterocycles. The topological polar surface area (TPSA) is 15.3 Å². The van der Waals surface area contributed by atoms with Crippen LogP contribution in [0.4, 0.5) is 13.2 Å². The van der Waals surface area contributed by atoms with Gasteiger partial charge in [0.2, 0.25) is 0 Å². The van der Waals surface area contributed by atoms with Crippen molar-refractivity contribution in [1.29, 1.82) is 0 Å². The highest BCUT2D eigenvalue weighted by Gasteiger charge is 2.36. The van der Waals surface area contributed by atoms with E-state index in [0.717, 1.165) is 25.6 Å². The molecule has 1 aromatic rings. The van der Waals surface area contributed by atoms with E-state index in [0.29, 0.717) is 18.2 Å². The molecule has 5 heteroatoms. The lowest BCUT2D eigenvalue weighted by molar-refractivity contribution is -0.138. The molecule has 0 bridgehead atoms. The second-order valence-corrected chi connectivity index (χ2v) is 5.79. The van der Waals surface area contributed by atoms with Gasteiger partial charge >= 0.3 is 6.18 Å². The fourth-order valence-electron chi connectivity index (χ4n) is 2.98. The minimum absolute atomic E-state index is 0.386. The average Bonchev–Trinajstić information content (AvgIpc) is 3.23. The van der Waals surface area contributed by atoms with Gasteiger partial charge in [0.05, 0.1) is 5.56 Å². The third kappa shape index (κ3) is 3.15. The molecule has 1 heterocycles. The van der Waals surface area contributed by atoms with Crippen molar-refractivity contribution < 1.29 is 13.2 Å². The van der Waals surface area contributed by atoms with Crippen LogP contribution in [0.15, 0.2) is 24.3 Å². The zero-order valence-corrected chi connectivity index (χ0v) is 11.3. The van der Waals surface area contributed by atoms with E-state index in [4.69, 9.17) is 0 Å². The molecule has 1 saturated carbocycles. The number of nitrogens with one attached hydrogen (secondary N) is 1. The van der Waals surface area contributed by atoms with Crippen LogP contribution >= 0.6 is 0 Å². The number of benzene rings is 1. The number of hydrogen-bond acceptors (Lipinski definition) is 2. The van der Waals surface area contributed by atoms with Crippen molar-refractivity contribution in [3.05, 3.63) is 35.4 Å². The van der Waals surface area contributed by atoms with Crippen LogP contribution in [0.5, 0.6) is 0 Å². The normalized spacial score (nSPS) is 24.9. The fraction of sp³-hybridized carbons (Fsp3) is 0.600. The Hall–Kier alpha value is -1.07. The molecule has 20 heavy (non-hydrogen) atoms. The van der Waals surface area contributed by atoms with Gasteiger partial charge in [-0.2, -0.15) is 13.2 Å². The van der Waals surface area contributed by atoms with Crippen LogP contribution in [0.25, 0.3) is 0 Å². The maximum absolute atomic E-state index is 13.0. The summed E-state index contributed by atoms with van der Waals surface area (Å²) in [6, 6.07) is 6.37. The SMILES string of the molecule is FC(F)(F)c1ccccc1CN1CCNC(C2CC2)C1. The van der Waals surface area contributed by atoms with Gasteiger partial charge < -0.3 is 5.32 Å². The van der Waals surface area contributed by atoms with Crippen LogP contribution in [0, 0.1) is 5.92 Å². The van der Waals surface area contributed by atoms with E-state index in [1.54, 1.807) is 12.1 Å². The van der Waals surface area contributed by atoms with Crippen molar-refractivity contribution in [2.24, 2.45) is 5.92 Å². The first-order chi connectivity index (χ1) is 9.54. The summed E-state index contributed by atoms with van der Waals surface area (Å²) in [6.07, 6.45) is -1.75. The number of halogens is 3. The highest BCUT2D eigenvalue weighted by atomic mass is 19.4. The lowest BCUT2D eigenvalue weighted by atomic mass is 10.0. The van der Waals surface area contributed by atoms with Crippen molar-refractivity contribution >= 4 is 0 Å². The Morgan fingerprint density at radius 3 is 2.65 bits per heavy atom. The molecule has 2 aliphatic rings. The maximum atomic E-state index is 13.0. The van der Waals surface area contributed by atoms with Gasteiger partial charge in [0.1, 0.15) is 0 Å². The Bertz CT molecular complexity index is 468. The minimum Gasteiger partial charge on any atom is -0.311 e. The Morgan fingerprint density at radius 1 is 1.20 bits per heavy atom. The van der Waals surface area contributed by atoms with Gasteiger partial charge in [0, 0.05) is 32.2 Å². The van der Waals surface area contributed by atoms with Gasteiger partial charge in [-0.1, -0.05) is 18.2 Å². The Balaban J connectivity index is 1.71. The molecule has 1 aromatic carbocycles. The monoisotopic (exact) mass is 284 g/mol. The van der Waals surface area contributed by atoms with E-state index in [2.05, 4.69) is 10.2 Å². The van der Waals surface area contributed by atoms with Crippen LogP contribution in [0.2, 0.25) is 0 Å². The van der Waals surface area contributed by atoms with Gasteiger partial charge in [-0.05, 0) is 30.4 Å². The summed E-state index contributed by atoms with van der Waals surface area (Å²) in [5.74, 6) is 0.732. The second kappa shape index (κ2) is 5.37. The number of rotatable bonds is 3. The molecule has 1 unspecified atom stereocenters. The quantitative estimate of drug-likeness (QED) is 0.918. The molecule has 0 amide bonds. The van der Waals surface area contributed by atoms with Gasteiger partial charge in [-0.25, -0.2) is 0 Å². The number of hydrogen-bond donors (Lipinski definition) is 1. The largest absolute Gasteiger partial charge is 0.416 e. The minimum atomic E-state index is -4.26. The fourth-order valence-corrected chi connectivity index (χ4v) is 2.98. The predicted molar refractivity (Wildman–Crippen MR) is 71.2 cm³/mol. The molecule has 1 aliphatic carbocycles. The van der Waals surface area contributed by atoms with E-state index >= 15 is 0 Å².